The van der Waals surface area contributed by atoms with Crippen LogP contribution in [0.4, 0.5) is 0 Å². The van der Waals surface area contributed by atoms with E-state index in [9.17, 15) is 9.90 Å². The fraction of sp³-hybridized carbons (Fsp3) is 0.167. The molecular formula is C30H28N2O3. The smallest absolute Gasteiger partial charge is 0.221 e. The molecule has 1 atom stereocenters. The number of benzene rings is 3. The minimum atomic E-state index is -0.170. The molecule has 0 saturated carbocycles. The van der Waals surface area contributed by atoms with Gasteiger partial charge < -0.3 is 19.4 Å². The first kappa shape index (κ1) is 22.5. The van der Waals surface area contributed by atoms with E-state index in [4.69, 9.17) is 4.42 Å². The van der Waals surface area contributed by atoms with E-state index in [1.165, 1.54) is 11.1 Å². The van der Waals surface area contributed by atoms with Gasteiger partial charge in [-0.25, -0.2) is 0 Å². The molecule has 5 nitrogen and oxygen atoms in total. The number of phenols is 1. The number of nitrogens with zero attached hydrogens (tertiary/aromatic N) is 1. The minimum Gasteiger partial charge on any atom is -0.508 e. The Morgan fingerprint density at radius 2 is 1.74 bits per heavy atom. The fourth-order valence-electron chi connectivity index (χ4n) is 4.54. The molecule has 0 spiro atoms. The number of hydrogen-bond acceptors (Lipinski definition) is 3. The predicted molar refractivity (Wildman–Crippen MR) is 137 cm³/mol. The third kappa shape index (κ3) is 5.14. The molecule has 0 radical (unpaired) electrons. The summed E-state index contributed by atoms with van der Waals surface area (Å²) < 4.78 is 7.60. The molecule has 2 aromatic heterocycles. The Labute approximate surface area is 204 Å². The molecule has 176 valence electrons. The van der Waals surface area contributed by atoms with Gasteiger partial charge in [-0.15, -0.1) is 0 Å². The first-order chi connectivity index (χ1) is 17.1. The number of aryl methyl sites for hydroxylation is 1. The Morgan fingerprint density at radius 1 is 0.971 bits per heavy atom. The van der Waals surface area contributed by atoms with Gasteiger partial charge in [0.05, 0.1) is 12.8 Å². The maximum absolute atomic E-state index is 13.0. The van der Waals surface area contributed by atoms with Gasteiger partial charge in [0.25, 0.3) is 0 Å². The summed E-state index contributed by atoms with van der Waals surface area (Å²) in [5.74, 6) is 0.692. The lowest BCUT2D eigenvalue weighted by Gasteiger charge is -2.17. The van der Waals surface area contributed by atoms with E-state index < -0.39 is 0 Å². The summed E-state index contributed by atoms with van der Waals surface area (Å²) in [7, 11) is 0. The number of hydrogen-bond donors (Lipinski definition) is 2. The van der Waals surface area contributed by atoms with Gasteiger partial charge >= 0.3 is 0 Å². The lowest BCUT2D eigenvalue weighted by Crippen LogP contribution is -2.24. The highest BCUT2D eigenvalue weighted by atomic mass is 16.3. The number of aromatic hydroxyl groups is 1. The van der Waals surface area contributed by atoms with Crippen molar-refractivity contribution < 1.29 is 14.3 Å². The van der Waals surface area contributed by atoms with Gasteiger partial charge in [-0.1, -0.05) is 60.2 Å². The van der Waals surface area contributed by atoms with E-state index in [0.717, 1.165) is 28.6 Å². The Kier molecular flexibility index (Phi) is 6.40. The number of phenolic OH excluding ortho intramolecular Hbond substituents is 1. The maximum Gasteiger partial charge on any atom is 0.221 e. The SMILES string of the molecule is Cc1ccc(Cn2cc(C(CC(=O)NCc3ccco3)c3ccc(O)cc3)c3ccccc32)cc1. The van der Waals surface area contributed by atoms with E-state index in [1.807, 2.05) is 36.4 Å². The Morgan fingerprint density at radius 3 is 2.49 bits per heavy atom. The van der Waals surface area contributed by atoms with Gasteiger partial charge in [-0.3, -0.25) is 4.79 Å². The number of nitrogens with one attached hydrogen (secondary N) is 1. The van der Waals surface area contributed by atoms with Crippen LogP contribution in [0.5, 0.6) is 5.75 Å². The third-order valence-electron chi connectivity index (χ3n) is 6.39. The topological polar surface area (TPSA) is 67.4 Å². The van der Waals surface area contributed by atoms with Gasteiger partial charge in [-0.2, -0.15) is 0 Å². The fourth-order valence-corrected chi connectivity index (χ4v) is 4.54. The van der Waals surface area contributed by atoms with Crippen LogP contribution in [-0.2, 0) is 17.9 Å². The molecule has 0 aliphatic carbocycles. The summed E-state index contributed by atoms with van der Waals surface area (Å²) in [6.45, 7) is 3.18. The second kappa shape index (κ2) is 9.94. The van der Waals surface area contributed by atoms with Gasteiger partial charge in [-0.05, 0) is 53.9 Å². The van der Waals surface area contributed by atoms with Crippen LogP contribution in [0.2, 0.25) is 0 Å². The quantitative estimate of drug-likeness (QED) is 0.290. The second-order valence-corrected chi connectivity index (χ2v) is 8.92. The van der Waals surface area contributed by atoms with Gasteiger partial charge in [0.15, 0.2) is 0 Å². The molecule has 0 saturated heterocycles. The van der Waals surface area contributed by atoms with Gasteiger partial charge in [0.1, 0.15) is 11.5 Å². The van der Waals surface area contributed by atoms with Crippen LogP contribution in [0, 0.1) is 6.92 Å². The van der Waals surface area contributed by atoms with Crippen LogP contribution in [0.25, 0.3) is 10.9 Å². The van der Waals surface area contributed by atoms with Crippen LogP contribution in [-0.4, -0.2) is 15.6 Å². The van der Waals surface area contributed by atoms with E-state index in [-0.39, 0.29) is 24.0 Å². The number of fused-ring (bicyclic) bond motifs is 1. The maximum atomic E-state index is 13.0. The van der Waals surface area contributed by atoms with Crippen molar-refractivity contribution in [3.8, 4) is 5.75 Å². The van der Waals surface area contributed by atoms with Crippen LogP contribution in [0.1, 0.15) is 40.4 Å². The highest BCUT2D eigenvalue weighted by Gasteiger charge is 2.23. The zero-order chi connectivity index (χ0) is 24.2. The molecular weight excluding hydrogens is 436 g/mol. The van der Waals surface area contributed by atoms with Crippen molar-refractivity contribution in [1.29, 1.82) is 0 Å². The second-order valence-electron chi connectivity index (χ2n) is 8.92. The van der Waals surface area contributed by atoms with Gasteiger partial charge in [0, 0.05) is 36.0 Å². The Bertz CT molecular complexity index is 1420. The molecule has 1 amide bonds. The molecule has 0 aliphatic heterocycles. The van der Waals surface area contributed by atoms with Crippen molar-refractivity contribution in [2.75, 3.05) is 0 Å². The molecule has 5 rings (SSSR count). The number of furan rings is 1. The van der Waals surface area contributed by atoms with Crippen LogP contribution >= 0.6 is 0 Å². The molecule has 5 heteroatoms. The first-order valence-electron chi connectivity index (χ1n) is 11.8. The highest BCUT2D eigenvalue weighted by Crippen LogP contribution is 2.35. The summed E-state index contributed by atoms with van der Waals surface area (Å²) in [6, 6.07) is 27.7. The van der Waals surface area contributed by atoms with Crippen LogP contribution in [0.3, 0.4) is 0 Å². The normalized spacial score (nSPS) is 12.0. The first-order valence-corrected chi connectivity index (χ1v) is 11.8. The third-order valence-corrected chi connectivity index (χ3v) is 6.39. The summed E-state index contributed by atoms with van der Waals surface area (Å²) in [5.41, 5.74) is 5.66. The Hall–Kier alpha value is -4.25. The van der Waals surface area contributed by atoms with Crippen LogP contribution < -0.4 is 5.32 Å². The summed E-state index contributed by atoms with van der Waals surface area (Å²) in [5, 5.41) is 13.9. The van der Waals surface area contributed by atoms with Crippen molar-refractivity contribution in [2.45, 2.75) is 32.4 Å². The standard InChI is InChI=1S/C30H28N2O3/c1-21-8-10-22(11-9-21)19-32-20-28(26-6-2-3-7-29(26)32)27(23-12-14-24(33)15-13-23)17-30(34)31-18-25-5-4-16-35-25/h2-16,20,27,33H,17-19H2,1H3,(H,31,34). The largest absolute Gasteiger partial charge is 0.508 e. The average Bonchev–Trinajstić information content (AvgIpc) is 3.52. The number of amides is 1. The molecule has 2 N–H and O–H groups in total. The number of para-hydroxylation sites is 1. The number of carbonyl (C=O) groups excluding carboxylic acids is 1. The summed E-state index contributed by atoms with van der Waals surface area (Å²) in [6.07, 6.45) is 4.05. The van der Waals surface area contributed by atoms with Crippen molar-refractivity contribution in [3.63, 3.8) is 0 Å². The predicted octanol–water partition coefficient (Wildman–Crippen LogP) is 6.14. The molecule has 3 aromatic carbocycles. The zero-order valence-corrected chi connectivity index (χ0v) is 19.6. The van der Waals surface area contributed by atoms with Crippen molar-refractivity contribution in [2.24, 2.45) is 0 Å². The van der Waals surface area contributed by atoms with Crippen molar-refractivity contribution in [3.05, 3.63) is 125 Å². The molecule has 5 aromatic rings. The van der Waals surface area contributed by atoms with Crippen LogP contribution in [0.15, 0.2) is 102 Å². The number of aromatic nitrogens is 1. The molecule has 0 aliphatic rings. The average molecular weight is 465 g/mol. The molecule has 0 fully saturated rings. The zero-order valence-electron chi connectivity index (χ0n) is 19.6. The van der Waals surface area contributed by atoms with Gasteiger partial charge in [0.2, 0.25) is 5.91 Å². The number of rotatable bonds is 8. The lowest BCUT2D eigenvalue weighted by molar-refractivity contribution is -0.121. The molecule has 0 bridgehead atoms. The molecule has 35 heavy (non-hydrogen) atoms. The molecule has 2 heterocycles. The van der Waals surface area contributed by atoms with E-state index in [1.54, 1.807) is 18.4 Å². The van der Waals surface area contributed by atoms with E-state index in [2.05, 4.69) is 59.4 Å². The lowest BCUT2D eigenvalue weighted by atomic mass is 9.88. The highest BCUT2D eigenvalue weighted by molar-refractivity contribution is 5.86. The monoisotopic (exact) mass is 464 g/mol. The summed E-state index contributed by atoms with van der Waals surface area (Å²) in [4.78, 5) is 13.0. The molecule has 1 unspecified atom stereocenters. The van der Waals surface area contributed by atoms with E-state index >= 15 is 0 Å². The van der Waals surface area contributed by atoms with Crippen molar-refractivity contribution >= 4 is 16.8 Å². The Balaban J connectivity index is 1.50. The number of carbonyl (C=O) groups is 1. The minimum absolute atomic E-state index is 0.0603. The van der Waals surface area contributed by atoms with Crippen molar-refractivity contribution in [1.82, 2.24) is 9.88 Å². The van der Waals surface area contributed by atoms with E-state index in [0.29, 0.717) is 12.3 Å². The summed E-state index contributed by atoms with van der Waals surface area (Å²) >= 11 is 0.